The van der Waals surface area contributed by atoms with Gasteiger partial charge in [-0.25, -0.2) is 0 Å². The highest BCUT2D eigenvalue weighted by Gasteiger charge is 2.29. The zero-order valence-electron chi connectivity index (χ0n) is 7.97. The van der Waals surface area contributed by atoms with Gasteiger partial charge in [-0.2, -0.15) is 0 Å². The molecule has 76 valence electrons. The van der Waals surface area contributed by atoms with Crippen LogP contribution in [-0.2, 0) is 10.4 Å². The smallest absolute Gasteiger partial charge is 0.306 e. The molecule has 14 heavy (non-hydrogen) atoms. The summed E-state index contributed by atoms with van der Waals surface area (Å²) in [4.78, 5) is 14.4. The second-order valence-electron chi connectivity index (χ2n) is 3.19. The Bertz CT molecular complexity index is 312. The lowest BCUT2D eigenvalue weighted by Gasteiger charge is -2.25. The van der Waals surface area contributed by atoms with Crippen LogP contribution in [0.3, 0.4) is 0 Å². The maximum Gasteiger partial charge on any atom is 0.306 e. The number of hydrogen-bond acceptors (Lipinski definition) is 3. The van der Waals surface area contributed by atoms with E-state index in [1.54, 1.807) is 19.1 Å². The molecule has 1 aromatic heterocycles. The zero-order chi connectivity index (χ0) is 10.6. The van der Waals surface area contributed by atoms with Crippen LogP contribution in [0.4, 0.5) is 0 Å². The van der Waals surface area contributed by atoms with E-state index in [-0.39, 0.29) is 6.42 Å². The van der Waals surface area contributed by atoms with E-state index in [0.29, 0.717) is 12.0 Å². The van der Waals surface area contributed by atoms with Crippen molar-refractivity contribution in [2.24, 2.45) is 0 Å². The Morgan fingerprint density at radius 1 is 1.50 bits per heavy atom. The van der Waals surface area contributed by atoms with Crippen molar-refractivity contribution in [1.29, 1.82) is 0 Å². The number of nitrogens with zero attached hydrogens (tertiary/aromatic N) is 1. The molecular weight excluding hydrogens is 182 g/mol. The van der Waals surface area contributed by atoms with Gasteiger partial charge in [-0.15, -0.1) is 0 Å². The SMILES string of the molecule is CC[C@](O)(CC(=O)O)c1ccncc1. The molecule has 0 fully saturated rings. The summed E-state index contributed by atoms with van der Waals surface area (Å²) in [7, 11) is 0. The summed E-state index contributed by atoms with van der Waals surface area (Å²) in [5, 5.41) is 18.7. The number of aliphatic hydroxyl groups is 1. The number of carboxylic acids is 1. The average molecular weight is 195 g/mol. The lowest BCUT2D eigenvalue weighted by atomic mass is 9.89. The molecule has 0 saturated heterocycles. The van der Waals surface area contributed by atoms with E-state index in [2.05, 4.69) is 4.98 Å². The summed E-state index contributed by atoms with van der Waals surface area (Å²) in [6, 6.07) is 3.26. The molecule has 0 aromatic carbocycles. The van der Waals surface area contributed by atoms with Crippen LogP contribution in [-0.4, -0.2) is 21.2 Å². The molecule has 1 rings (SSSR count). The molecule has 1 aromatic rings. The van der Waals surface area contributed by atoms with Crippen molar-refractivity contribution in [3.63, 3.8) is 0 Å². The van der Waals surface area contributed by atoms with Crippen molar-refractivity contribution in [1.82, 2.24) is 4.98 Å². The molecule has 0 unspecified atom stereocenters. The lowest BCUT2D eigenvalue weighted by Crippen LogP contribution is -2.28. The van der Waals surface area contributed by atoms with Crippen molar-refractivity contribution in [2.75, 3.05) is 0 Å². The Kier molecular flexibility index (Phi) is 3.19. The number of pyridine rings is 1. The second kappa shape index (κ2) is 4.19. The van der Waals surface area contributed by atoms with E-state index in [9.17, 15) is 9.90 Å². The Morgan fingerprint density at radius 2 is 2.07 bits per heavy atom. The molecule has 0 saturated carbocycles. The maximum absolute atomic E-state index is 10.6. The number of aliphatic carboxylic acids is 1. The third kappa shape index (κ3) is 2.29. The molecule has 4 heteroatoms. The van der Waals surface area contributed by atoms with Crippen LogP contribution in [0, 0.1) is 0 Å². The summed E-state index contributed by atoms with van der Waals surface area (Å²) < 4.78 is 0. The van der Waals surface area contributed by atoms with Crippen molar-refractivity contribution < 1.29 is 15.0 Å². The van der Waals surface area contributed by atoms with Gasteiger partial charge in [-0.3, -0.25) is 9.78 Å². The van der Waals surface area contributed by atoms with Crippen LogP contribution in [0.5, 0.6) is 0 Å². The van der Waals surface area contributed by atoms with Crippen LogP contribution in [0.2, 0.25) is 0 Å². The first-order valence-corrected chi connectivity index (χ1v) is 4.43. The normalized spacial score (nSPS) is 14.7. The van der Waals surface area contributed by atoms with Gasteiger partial charge in [0.2, 0.25) is 0 Å². The first-order chi connectivity index (χ1) is 6.58. The van der Waals surface area contributed by atoms with E-state index in [4.69, 9.17) is 5.11 Å². The fourth-order valence-corrected chi connectivity index (χ4v) is 1.34. The topological polar surface area (TPSA) is 70.4 Å². The molecule has 0 aliphatic rings. The van der Waals surface area contributed by atoms with Gasteiger partial charge in [0.05, 0.1) is 12.0 Å². The average Bonchev–Trinajstić information content (AvgIpc) is 2.18. The second-order valence-corrected chi connectivity index (χ2v) is 3.19. The highest BCUT2D eigenvalue weighted by atomic mass is 16.4. The third-order valence-electron chi connectivity index (χ3n) is 2.25. The molecule has 1 atom stereocenters. The van der Waals surface area contributed by atoms with Gasteiger partial charge in [0.25, 0.3) is 0 Å². The minimum atomic E-state index is -1.28. The minimum absolute atomic E-state index is 0.284. The third-order valence-corrected chi connectivity index (χ3v) is 2.25. The summed E-state index contributed by atoms with van der Waals surface area (Å²) in [6.45, 7) is 1.75. The van der Waals surface area contributed by atoms with Gasteiger partial charge < -0.3 is 10.2 Å². The minimum Gasteiger partial charge on any atom is -0.481 e. The van der Waals surface area contributed by atoms with Gasteiger partial charge in [-0.1, -0.05) is 6.92 Å². The van der Waals surface area contributed by atoms with Crippen molar-refractivity contribution in [2.45, 2.75) is 25.4 Å². The molecule has 0 bridgehead atoms. The molecule has 0 amide bonds. The molecule has 0 radical (unpaired) electrons. The number of carbonyl (C=O) groups is 1. The molecule has 2 N–H and O–H groups in total. The highest BCUT2D eigenvalue weighted by molar-refractivity contribution is 5.68. The van der Waals surface area contributed by atoms with Crippen LogP contribution in [0.15, 0.2) is 24.5 Å². The van der Waals surface area contributed by atoms with Crippen LogP contribution in [0.25, 0.3) is 0 Å². The van der Waals surface area contributed by atoms with E-state index < -0.39 is 11.6 Å². The van der Waals surface area contributed by atoms with Gasteiger partial charge in [0.1, 0.15) is 0 Å². The van der Waals surface area contributed by atoms with Crippen molar-refractivity contribution >= 4 is 5.97 Å². The highest BCUT2D eigenvalue weighted by Crippen LogP contribution is 2.27. The van der Waals surface area contributed by atoms with Gasteiger partial charge in [0, 0.05) is 12.4 Å². The van der Waals surface area contributed by atoms with Crippen molar-refractivity contribution in [3.8, 4) is 0 Å². The van der Waals surface area contributed by atoms with Crippen LogP contribution in [0.1, 0.15) is 25.3 Å². The molecular formula is C10H13NO3. The standard InChI is InChI=1S/C10H13NO3/c1-2-10(14,7-9(12)13)8-3-5-11-6-4-8/h3-6,14H,2,7H2,1H3,(H,12,13)/t10-/m0/s1. The predicted octanol–water partition coefficient (Wildman–Crippen LogP) is 1.15. The number of hydrogen-bond donors (Lipinski definition) is 2. The number of carboxylic acid groups (broad SMARTS) is 1. The quantitative estimate of drug-likeness (QED) is 0.756. The summed E-state index contributed by atoms with van der Waals surface area (Å²) in [5.41, 5.74) is -0.688. The molecule has 0 aliphatic heterocycles. The van der Waals surface area contributed by atoms with E-state index in [0.717, 1.165) is 0 Å². The number of aromatic nitrogens is 1. The first kappa shape index (κ1) is 10.7. The van der Waals surface area contributed by atoms with Crippen LogP contribution < -0.4 is 0 Å². The Labute approximate surface area is 82.2 Å². The van der Waals surface area contributed by atoms with E-state index in [1.807, 2.05) is 0 Å². The van der Waals surface area contributed by atoms with Gasteiger partial charge in [0.15, 0.2) is 0 Å². The fourth-order valence-electron chi connectivity index (χ4n) is 1.34. The predicted molar refractivity (Wildman–Crippen MR) is 50.7 cm³/mol. The van der Waals surface area contributed by atoms with Crippen LogP contribution >= 0.6 is 0 Å². The monoisotopic (exact) mass is 195 g/mol. The molecule has 0 aliphatic carbocycles. The Hall–Kier alpha value is -1.42. The molecule has 0 spiro atoms. The van der Waals surface area contributed by atoms with Gasteiger partial charge >= 0.3 is 5.97 Å². The molecule has 1 heterocycles. The lowest BCUT2D eigenvalue weighted by molar-refractivity contribution is -0.143. The van der Waals surface area contributed by atoms with E-state index in [1.165, 1.54) is 12.4 Å². The first-order valence-electron chi connectivity index (χ1n) is 4.43. The Morgan fingerprint density at radius 3 is 2.50 bits per heavy atom. The summed E-state index contributed by atoms with van der Waals surface area (Å²) in [6.07, 6.45) is 3.16. The largest absolute Gasteiger partial charge is 0.481 e. The zero-order valence-corrected chi connectivity index (χ0v) is 7.97. The van der Waals surface area contributed by atoms with Gasteiger partial charge in [-0.05, 0) is 24.1 Å². The Balaban J connectivity index is 2.95. The summed E-state index contributed by atoms with van der Waals surface area (Å²) in [5.74, 6) is -1.01. The summed E-state index contributed by atoms with van der Waals surface area (Å²) >= 11 is 0. The van der Waals surface area contributed by atoms with E-state index >= 15 is 0 Å². The number of rotatable bonds is 4. The fraction of sp³-hybridized carbons (Fsp3) is 0.400. The maximum atomic E-state index is 10.6. The molecule has 4 nitrogen and oxygen atoms in total. The van der Waals surface area contributed by atoms with Crippen molar-refractivity contribution in [3.05, 3.63) is 30.1 Å².